The van der Waals surface area contributed by atoms with Crippen molar-refractivity contribution in [3.63, 3.8) is 0 Å². The zero-order valence-corrected chi connectivity index (χ0v) is 15.4. The molecule has 8 heteroatoms. The maximum absolute atomic E-state index is 12.4. The Bertz CT molecular complexity index is 873. The summed E-state index contributed by atoms with van der Waals surface area (Å²) in [5.74, 6) is -1.75. The van der Waals surface area contributed by atoms with Crippen LogP contribution in [0.2, 0.25) is 5.02 Å². The zero-order chi connectivity index (χ0) is 19.4. The van der Waals surface area contributed by atoms with E-state index in [-0.39, 0.29) is 23.6 Å². The van der Waals surface area contributed by atoms with Crippen molar-refractivity contribution in [1.82, 2.24) is 4.98 Å². The molecule has 0 amide bonds. The highest BCUT2D eigenvalue weighted by molar-refractivity contribution is 6.31. The monoisotopic (exact) mass is 378 g/mol. The summed E-state index contributed by atoms with van der Waals surface area (Å²) in [6.45, 7) is 4.70. The van der Waals surface area contributed by atoms with Crippen LogP contribution in [0.3, 0.4) is 0 Å². The summed E-state index contributed by atoms with van der Waals surface area (Å²) >= 11 is 5.84. The molecule has 0 unspecified atom stereocenters. The lowest BCUT2D eigenvalue weighted by Crippen LogP contribution is -2.16. The number of nitrogens with one attached hydrogen (secondary N) is 1. The van der Waals surface area contributed by atoms with Gasteiger partial charge in [0.15, 0.2) is 6.61 Å². The van der Waals surface area contributed by atoms with Gasteiger partial charge in [0.2, 0.25) is 5.78 Å². The lowest BCUT2D eigenvalue weighted by molar-refractivity contribution is 0.0473. The molecular formula is C18H19ClN2O5. The van der Waals surface area contributed by atoms with E-state index in [4.69, 9.17) is 26.8 Å². The number of carbonyl (C=O) groups excluding carboxylic acids is 3. The molecule has 7 nitrogen and oxygen atoms in total. The van der Waals surface area contributed by atoms with Crippen LogP contribution in [0, 0.1) is 13.8 Å². The van der Waals surface area contributed by atoms with Crippen LogP contribution in [0.1, 0.15) is 49.4 Å². The van der Waals surface area contributed by atoms with Crippen molar-refractivity contribution in [2.45, 2.75) is 20.8 Å². The molecule has 0 radical (unpaired) electrons. The van der Waals surface area contributed by atoms with Gasteiger partial charge in [-0.15, -0.1) is 0 Å². The van der Waals surface area contributed by atoms with Gasteiger partial charge in [0.25, 0.3) is 0 Å². The largest absolute Gasteiger partial charge is 0.462 e. The number of carbonyl (C=O) groups is 3. The first-order valence-corrected chi connectivity index (χ1v) is 8.25. The molecule has 0 atom stereocenters. The fraction of sp³-hybridized carbons (Fsp3) is 0.278. The molecule has 138 valence electrons. The first kappa shape index (κ1) is 19.5. The minimum Gasteiger partial charge on any atom is -0.462 e. The number of anilines is 1. The van der Waals surface area contributed by atoms with Gasteiger partial charge in [-0.05, 0) is 44.5 Å². The van der Waals surface area contributed by atoms with E-state index < -0.39 is 24.3 Å². The molecule has 0 aliphatic heterocycles. The van der Waals surface area contributed by atoms with Gasteiger partial charge in [0.1, 0.15) is 0 Å². The number of nitrogens with two attached hydrogens (primary N) is 1. The van der Waals surface area contributed by atoms with Gasteiger partial charge in [0, 0.05) is 16.4 Å². The number of aromatic nitrogens is 1. The number of aromatic amines is 1. The Hall–Kier alpha value is -2.80. The van der Waals surface area contributed by atoms with E-state index in [0.29, 0.717) is 21.8 Å². The number of rotatable bonds is 6. The number of H-pyrrole nitrogens is 1. The quantitative estimate of drug-likeness (QED) is 0.454. The zero-order valence-electron chi connectivity index (χ0n) is 14.6. The Morgan fingerprint density at radius 3 is 2.50 bits per heavy atom. The summed E-state index contributed by atoms with van der Waals surface area (Å²) in [5, 5.41) is 0.326. The molecule has 0 spiro atoms. The van der Waals surface area contributed by atoms with Crippen LogP contribution >= 0.6 is 11.6 Å². The van der Waals surface area contributed by atoms with Gasteiger partial charge in [-0.1, -0.05) is 11.6 Å². The standard InChI is InChI=1S/C18H19ClN2O5/c1-4-25-18(24)15-9(2)16(21-10(15)3)14(22)8-26-17(23)12-7-11(19)5-6-13(12)20/h5-7,21H,4,8,20H2,1-3H3. The second-order valence-electron chi connectivity index (χ2n) is 5.58. The van der Waals surface area contributed by atoms with E-state index in [9.17, 15) is 14.4 Å². The van der Waals surface area contributed by atoms with E-state index in [1.54, 1.807) is 26.8 Å². The number of benzene rings is 1. The van der Waals surface area contributed by atoms with Crippen molar-refractivity contribution in [3.05, 3.63) is 51.3 Å². The number of hydrogen-bond acceptors (Lipinski definition) is 6. The number of halogens is 1. The van der Waals surface area contributed by atoms with E-state index in [0.717, 1.165) is 0 Å². The third kappa shape index (κ3) is 4.05. The first-order chi connectivity index (χ1) is 12.3. The Kier molecular flexibility index (Phi) is 6.05. The van der Waals surface area contributed by atoms with E-state index >= 15 is 0 Å². The third-order valence-corrected chi connectivity index (χ3v) is 4.00. The van der Waals surface area contributed by atoms with E-state index in [1.807, 2.05) is 0 Å². The Balaban J connectivity index is 2.13. The SMILES string of the molecule is CCOC(=O)c1c(C)[nH]c(C(=O)COC(=O)c2cc(Cl)ccc2N)c1C. The van der Waals surface area contributed by atoms with Crippen LogP contribution in [0.4, 0.5) is 5.69 Å². The molecular weight excluding hydrogens is 360 g/mol. The summed E-state index contributed by atoms with van der Waals surface area (Å²) in [6.07, 6.45) is 0. The number of aryl methyl sites for hydroxylation is 1. The van der Waals surface area contributed by atoms with Gasteiger partial charge >= 0.3 is 11.9 Å². The summed E-state index contributed by atoms with van der Waals surface area (Å²) in [7, 11) is 0. The average Bonchev–Trinajstić information content (AvgIpc) is 2.89. The molecule has 0 saturated carbocycles. The predicted octanol–water partition coefficient (Wildman–Crippen LogP) is 3.08. The van der Waals surface area contributed by atoms with Gasteiger partial charge in [-0.2, -0.15) is 0 Å². The summed E-state index contributed by atoms with van der Waals surface area (Å²) in [4.78, 5) is 39.3. The lowest BCUT2D eigenvalue weighted by atomic mass is 10.1. The normalized spacial score (nSPS) is 10.5. The molecule has 2 rings (SSSR count). The second kappa shape index (κ2) is 8.05. The molecule has 0 saturated heterocycles. The fourth-order valence-corrected chi connectivity index (χ4v) is 2.70. The van der Waals surface area contributed by atoms with Crippen LogP contribution < -0.4 is 5.73 Å². The smallest absolute Gasteiger partial charge is 0.340 e. The molecule has 2 aromatic rings. The number of ether oxygens (including phenoxy) is 2. The van der Waals surface area contributed by atoms with Crippen LogP contribution in [0.5, 0.6) is 0 Å². The molecule has 1 aromatic heterocycles. The second-order valence-corrected chi connectivity index (χ2v) is 6.01. The topological polar surface area (TPSA) is 111 Å². The van der Waals surface area contributed by atoms with Crippen LogP contribution in [-0.2, 0) is 9.47 Å². The number of nitrogen functional groups attached to an aromatic ring is 1. The molecule has 1 heterocycles. The predicted molar refractivity (Wildman–Crippen MR) is 96.7 cm³/mol. The van der Waals surface area contributed by atoms with Crippen LogP contribution in [0.15, 0.2) is 18.2 Å². The number of esters is 2. The molecule has 3 N–H and O–H groups in total. The van der Waals surface area contributed by atoms with Crippen molar-refractivity contribution >= 4 is 35.0 Å². The van der Waals surface area contributed by atoms with Crippen molar-refractivity contribution in [2.24, 2.45) is 0 Å². The van der Waals surface area contributed by atoms with Gasteiger partial charge in [-0.25, -0.2) is 9.59 Å². The minimum absolute atomic E-state index is 0.0805. The van der Waals surface area contributed by atoms with Crippen molar-refractivity contribution in [3.8, 4) is 0 Å². The molecule has 0 bridgehead atoms. The Labute approximate surface area is 155 Å². The number of ketones is 1. The molecule has 26 heavy (non-hydrogen) atoms. The molecule has 0 aliphatic carbocycles. The van der Waals surface area contributed by atoms with Gasteiger partial charge in [-0.3, -0.25) is 4.79 Å². The Morgan fingerprint density at radius 2 is 1.85 bits per heavy atom. The summed E-state index contributed by atoms with van der Waals surface area (Å²) in [5.41, 5.74) is 7.45. The van der Waals surface area contributed by atoms with E-state index in [2.05, 4.69) is 4.98 Å². The maximum atomic E-state index is 12.4. The van der Waals surface area contributed by atoms with Crippen LogP contribution in [-0.4, -0.2) is 35.9 Å². The molecule has 1 aromatic carbocycles. The molecule has 0 fully saturated rings. The van der Waals surface area contributed by atoms with Crippen molar-refractivity contribution in [1.29, 1.82) is 0 Å². The number of hydrogen-bond donors (Lipinski definition) is 2. The summed E-state index contributed by atoms with van der Waals surface area (Å²) in [6, 6.07) is 4.39. The first-order valence-electron chi connectivity index (χ1n) is 7.87. The van der Waals surface area contributed by atoms with Crippen molar-refractivity contribution < 1.29 is 23.9 Å². The highest BCUT2D eigenvalue weighted by atomic mass is 35.5. The van der Waals surface area contributed by atoms with E-state index in [1.165, 1.54) is 12.1 Å². The van der Waals surface area contributed by atoms with Gasteiger partial charge < -0.3 is 20.2 Å². The average molecular weight is 379 g/mol. The van der Waals surface area contributed by atoms with Crippen LogP contribution in [0.25, 0.3) is 0 Å². The third-order valence-electron chi connectivity index (χ3n) is 3.77. The summed E-state index contributed by atoms with van der Waals surface area (Å²) < 4.78 is 10.0. The highest BCUT2D eigenvalue weighted by Crippen LogP contribution is 2.21. The fourth-order valence-electron chi connectivity index (χ4n) is 2.52. The minimum atomic E-state index is -0.759. The van der Waals surface area contributed by atoms with Gasteiger partial charge in [0.05, 0.1) is 23.4 Å². The van der Waals surface area contributed by atoms with Crippen molar-refractivity contribution in [2.75, 3.05) is 18.9 Å². The Morgan fingerprint density at radius 1 is 1.15 bits per heavy atom. The highest BCUT2D eigenvalue weighted by Gasteiger charge is 2.24. The number of Topliss-reactive ketones (excluding diaryl/α,β-unsaturated/α-hetero) is 1. The molecule has 0 aliphatic rings. The lowest BCUT2D eigenvalue weighted by Gasteiger charge is -2.07. The maximum Gasteiger partial charge on any atom is 0.340 e.